The van der Waals surface area contributed by atoms with Crippen LogP contribution < -0.4 is 10.6 Å². The fourth-order valence-corrected chi connectivity index (χ4v) is 3.25. The monoisotopic (exact) mass is 378 g/mol. The lowest BCUT2D eigenvalue weighted by Gasteiger charge is -2.13. The summed E-state index contributed by atoms with van der Waals surface area (Å²) in [6.45, 7) is 5.28. The highest BCUT2D eigenvalue weighted by molar-refractivity contribution is 6.07. The summed E-state index contributed by atoms with van der Waals surface area (Å²) in [5, 5.41) is 5.69. The Labute approximate surface area is 165 Å². The minimum absolute atomic E-state index is 0.0754. The Kier molecular flexibility index (Phi) is 6.61. The van der Waals surface area contributed by atoms with Crippen LogP contribution in [0.5, 0.6) is 0 Å². The summed E-state index contributed by atoms with van der Waals surface area (Å²) >= 11 is 0. The second kappa shape index (κ2) is 9.33. The van der Waals surface area contributed by atoms with Crippen LogP contribution >= 0.6 is 0 Å². The van der Waals surface area contributed by atoms with Gasteiger partial charge in [-0.3, -0.25) is 9.59 Å². The molecule has 2 N–H and O–H groups in total. The van der Waals surface area contributed by atoms with E-state index in [9.17, 15) is 9.59 Å². The van der Waals surface area contributed by atoms with Crippen LogP contribution in [0.3, 0.4) is 0 Å². The van der Waals surface area contributed by atoms with Crippen molar-refractivity contribution in [3.63, 3.8) is 0 Å². The molecule has 5 nitrogen and oxygen atoms in total. The van der Waals surface area contributed by atoms with Crippen molar-refractivity contribution in [3.8, 4) is 0 Å². The fraction of sp³-hybridized carbons (Fsp3) is 0.304. The quantitative estimate of drug-likeness (QED) is 0.750. The van der Waals surface area contributed by atoms with Gasteiger partial charge in [-0.25, -0.2) is 0 Å². The molecule has 2 aromatic carbocycles. The molecule has 1 aliphatic heterocycles. The van der Waals surface area contributed by atoms with Crippen LogP contribution in [0.4, 0.5) is 5.69 Å². The van der Waals surface area contributed by atoms with Gasteiger partial charge in [0.05, 0.1) is 17.4 Å². The summed E-state index contributed by atoms with van der Waals surface area (Å²) in [5.74, 6) is -0.496. The Hall–Kier alpha value is -2.92. The standard InChI is InChI=1S/C23H26N2O3/c1-16-9-10-18(17(2)14-16)11-12-22(26)25-21-8-4-3-7-20(21)23(27)24-15-19-6-5-13-28-19/h3-4,7-12,14,19H,5-6,13,15H2,1-2H3,(H,24,27)(H,25,26)/b12-11+/t19-/m1/s1. The van der Waals surface area contributed by atoms with Crippen molar-refractivity contribution in [2.45, 2.75) is 32.8 Å². The highest BCUT2D eigenvalue weighted by atomic mass is 16.5. The molecule has 0 spiro atoms. The predicted octanol–water partition coefficient (Wildman–Crippen LogP) is 3.86. The minimum atomic E-state index is -0.278. The van der Waals surface area contributed by atoms with Crippen molar-refractivity contribution < 1.29 is 14.3 Å². The summed E-state index contributed by atoms with van der Waals surface area (Å²) in [6, 6.07) is 13.1. The number of ether oxygens (including phenoxy) is 1. The third-order valence-corrected chi connectivity index (χ3v) is 4.78. The van der Waals surface area contributed by atoms with Gasteiger partial charge in [-0.15, -0.1) is 0 Å². The summed E-state index contributed by atoms with van der Waals surface area (Å²) in [6.07, 6.45) is 5.33. The first-order valence-electron chi connectivity index (χ1n) is 9.58. The molecule has 28 heavy (non-hydrogen) atoms. The van der Waals surface area contributed by atoms with Crippen LogP contribution in [0, 0.1) is 13.8 Å². The fourth-order valence-electron chi connectivity index (χ4n) is 3.25. The van der Waals surface area contributed by atoms with Crippen molar-refractivity contribution in [1.82, 2.24) is 5.32 Å². The highest BCUT2D eigenvalue weighted by Crippen LogP contribution is 2.17. The van der Waals surface area contributed by atoms with E-state index in [2.05, 4.69) is 16.7 Å². The molecule has 2 amide bonds. The van der Waals surface area contributed by atoms with Crippen molar-refractivity contribution in [2.75, 3.05) is 18.5 Å². The number of anilines is 1. The Morgan fingerprint density at radius 1 is 1.18 bits per heavy atom. The molecular weight excluding hydrogens is 352 g/mol. The van der Waals surface area contributed by atoms with Gasteiger partial charge >= 0.3 is 0 Å². The van der Waals surface area contributed by atoms with Gasteiger partial charge in [0.1, 0.15) is 0 Å². The van der Waals surface area contributed by atoms with E-state index in [1.54, 1.807) is 30.3 Å². The van der Waals surface area contributed by atoms with Gasteiger partial charge in [-0.2, -0.15) is 0 Å². The average molecular weight is 378 g/mol. The number of rotatable bonds is 6. The molecule has 0 saturated carbocycles. The molecule has 1 saturated heterocycles. The molecule has 1 fully saturated rings. The van der Waals surface area contributed by atoms with Crippen molar-refractivity contribution >= 4 is 23.6 Å². The van der Waals surface area contributed by atoms with Crippen LogP contribution in [0.1, 0.15) is 39.9 Å². The molecule has 1 atom stereocenters. The van der Waals surface area contributed by atoms with Gasteiger partial charge in [0.25, 0.3) is 5.91 Å². The zero-order valence-electron chi connectivity index (χ0n) is 16.3. The van der Waals surface area contributed by atoms with Crippen molar-refractivity contribution in [2.24, 2.45) is 0 Å². The first-order valence-corrected chi connectivity index (χ1v) is 9.58. The third-order valence-electron chi connectivity index (χ3n) is 4.78. The third kappa shape index (κ3) is 5.30. The highest BCUT2D eigenvalue weighted by Gasteiger charge is 2.18. The summed E-state index contributed by atoms with van der Waals surface area (Å²) < 4.78 is 5.53. The second-order valence-electron chi connectivity index (χ2n) is 7.07. The van der Waals surface area contributed by atoms with E-state index < -0.39 is 0 Å². The molecule has 1 aliphatic rings. The minimum Gasteiger partial charge on any atom is -0.376 e. The maximum absolute atomic E-state index is 12.5. The SMILES string of the molecule is Cc1ccc(/C=C/C(=O)Nc2ccccc2C(=O)NC[C@H]2CCCO2)c(C)c1. The number of carbonyl (C=O) groups is 2. The summed E-state index contributed by atoms with van der Waals surface area (Å²) in [5.41, 5.74) is 4.21. The van der Waals surface area contributed by atoms with Crippen LogP contribution in [-0.4, -0.2) is 31.1 Å². The summed E-state index contributed by atoms with van der Waals surface area (Å²) in [7, 11) is 0. The maximum atomic E-state index is 12.5. The van der Waals surface area contributed by atoms with E-state index in [4.69, 9.17) is 4.74 Å². The number of carbonyl (C=O) groups excluding carboxylic acids is 2. The van der Waals surface area contributed by atoms with Gasteiger partial charge in [-0.05, 0) is 56.0 Å². The van der Waals surface area contributed by atoms with Crippen LogP contribution in [-0.2, 0) is 9.53 Å². The molecule has 1 heterocycles. The van der Waals surface area contributed by atoms with E-state index >= 15 is 0 Å². The molecule has 0 aliphatic carbocycles. The Morgan fingerprint density at radius 2 is 2.00 bits per heavy atom. The number of aryl methyl sites for hydroxylation is 2. The van der Waals surface area contributed by atoms with E-state index in [0.29, 0.717) is 17.8 Å². The first kappa shape index (κ1) is 19.8. The number of hydrogen-bond donors (Lipinski definition) is 2. The van der Waals surface area contributed by atoms with Gasteiger partial charge in [0, 0.05) is 19.2 Å². The lowest BCUT2D eigenvalue weighted by atomic mass is 10.1. The van der Waals surface area contributed by atoms with Gasteiger partial charge in [0.2, 0.25) is 5.91 Å². The zero-order chi connectivity index (χ0) is 19.9. The lowest BCUT2D eigenvalue weighted by Crippen LogP contribution is -2.32. The van der Waals surface area contributed by atoms with E-state index in [1.807, 2.05) is 26.0 Å². The lowest BCUT2D eigenvalue weighted by molar-refractivity contribution is -0.111. The predicted molar refractivity (Wildman–Crippen MR) is 111 cm³/mol. The van der Waals surface area contributed by atoms with Crippen molar-refractivity contribution in [1.29, 1.82) is 0 Å². The topological polar surface area (TPSA) is 67.4 Å². The normalized spacial score (nSPS) is 16.3. The first-order chi connectivity index (χ1) is 13.5. The van der Waals surface area contributed by atoms with E-state index in [-0.39, 0.29) is 17.9 Å². The molecule has 0 aromatic heterocycles. The molecule has 2 aromatic rings. The van der Waals surface area contributed by atoms with Crippen molar-refractivity contribution in [3.05, 3.63) is 70.8 Å². The maximum Gasteiger partial charge on any atom is 0.253 e. The van der Waals surface area contributed by atoms with Gasteiger partial charge in [-0.1, -0.05) is 35.9 Å². The van der Waals surface area contributed by atoms with Crippen LogP contribution in [0.25, 0.3) is 6.08 Å². The van der Waals surface area contributed by atoms with E-state index in [1.165, 1.54) is 11.6 Å². The van der Waals surface area contributed by atoms with Gasteiger partial charge in [0.15, 0.2) is 0 Å². The average Bonchev–Trinajstić information content (AvgIpc) is 3.19. The zero-order valence-corrected chi connectivity index (χ0v) is 16.3. The molecule has 5 heteroatoms. The molecule has 0 radical (unpaired) electrons. The van der Waals surface area contributed by atoms with E-state index in [0.717, 1.165) is 30.6 Å². The molecule has 146 valence electrons. The molecule has 0 bridgehead atoms. The largest absolute Gasteiger partial charge is 0.376 e. The number of hydrogen-bond acceptors (Lipinski definition) is 3. The second-order valence-corrected chi connectivity index (χ2v) is 7.07. The molecular formula is C23H26N2O3. The van der Waals surface area contributed by atoms with Crippen LogP contribution in [0.15, 0.2) is 48.5 Å². The Balaban J connectivity index is 1.64. The Bertz CT molecular complexity index is 883. The Morgan fingerprint density at radius 3 is 2.75 bits per heavy atom. The number of benzene rings is 2. The molecule has 3 rings (SSSR count). The molecule has 0 unspecified atom stereocenters. The number of nitrogens with one attached hydrogen (secondary N) is 2. The van der Waals surface area contributed by atoms with Crippen LogP contribution in [0.2, 0.25) is 0 Å². The number of amides is 2. The summed E-state index contributed by atoms with van der Waals surface area (Å²) in [4.78, 5) is 24.9. The number of para-hydroxylation sites is 1. The van der Waals surface area contributed by atoms with Gasteiger partial charge < -0.3 is 15.4 Å². The smallest absolute Gasteiger partial charge is 0.253 e.